The molecule has 2 aliphatic carbocycles. The van der Waals surface area contributed by atoms with Gasteiger partial charge in [0.2, 0.25) is 5.91 Å². The first-order valence-corrected chi connectivity index (χ1v) is 12.2. The van der Waals surface area contributed by atoms with Crippen molar-refractivity contribution in [1.82, 2.24) is 26.2 Å². The second-order valence-corrected chi connectivity index (χ2v) is 10.5. The van der Waals surface area contributed by atoms with E-state index in [9.17, 15) is 14.4 Å². The molecule has 8 heteroatoms. The molecule has 2 saturated carbocycles. The van der Waals surface area contributed by atoms with Crippen molar-refractivity contribution in [3.05, 3.63) is 0 Å². The topological polar surface area (TPSA) is 103 Å². The highest BCUT2D eigenvalue weighted by Crippen LogP contribution is 2.23. The van der Waals surface area contributed by atoms with Gasteiger partial charge in [-0.05, 0) is 59.3 Å². The summed E-state index contributed by atoms with van der Waals surface area (Å²) < 4.78 is 0. The SMILES string of the molecule is CC(C)(C)NC(=O)N[C@@H]1CCCC[C@@H]1NC(=O)[C@H]1CCCN1C(=O)NC1CCCCC1. The molecule has 1 saturated heterocycles. The first kappa shape index (κ1) is 23.7. The van der Waals surface area contributed by atoms with E-state index in [0.29, 0.717) is 13.0 Å². The number of carbonyl (C=O) groups is 3. The lowest BCUT2D eigenvalue weighted by Gasteiger charge is -2.35. The molecule has 4 N–H and O–H groups in total. The van der Waals surface area contributed by atoms with Gasteiger partial charge in [0.05, 0.1) is 6.04 Å². The lowest BCUT2D eigenvalue weighted by molar-refractivity contribution is -0.125. The number of urea groups is 2. The van der Waals surface area contributed by atoms with Crippen molar-refractivity contribution in [3.63, 3.8) is 0 Å². The smallest absolute Gasteiger partial charge is 0.318 e. The Kier molecular flexibility index (Phi) is 8.06. The lowest BCUT2D eigenvalue weighted by atomic mass is 9.90. The van der Waals surface area contributed by atoms with Crippen LogP contribution in [0.1, 0.15) is 91.4 Å². The molecule has 0 unspecified atom stereocenters. The molecule has 0 aromatic rings. The maximum Gasteiger partial charge on any atom is 0.318 e. The van der Waals surface area contributed by atoms with Crippen LogP contribution in [0.25, 0.3) is 0 Å². The standard InChI is InChI=1S/C23H41N5O3/c1-23(2,3)27-21(30)26-18-13-8-7-12-17(18)25-20(29)19-14-9-15-28(19)22(31)24-16-10-5-4-6-11-16/h16-19H,4-15H2,1-3H3,(H,24,31)(H,25,29)(H2,26,27,30)/t17-,18+,19+/m0/s1. The normalized spacial score (nSPS) is 27.5. The van der Waals surface area contributed by atoms with Gasteiger partial charge in [-0.2, -0.15) is 0 Å². The maximum atomic E-state index is 13.1. The predicted octanol–water partition coefficient (Wildman–Crippen LogP) is 3.02. The molecule has 5 amide bonds. The second-order valence-electron chi connectivity index (χ2n) is 10.5. The Balaban J connectivity index is 1.55. The predicted molar refractivity (Wildman–Crippen MR) is 121 cm³/mol. The molecular formula is C23H41N5O3. The summed E-state index contributed by atoms with van der Waals surface area (Å²) in [5, 5.41) is 12.3. The molecular weight excluding hydrogens is 394 g/mol. The molecule has 176 valence electrons. The lowest BCUT2D eigenvalue weighted by Crippen LogP contribution is -2.59. The van der Waals surface area contributed by atoms with E-state index in [4.69, 9.17) is 0 Å². The minimum absolute atomic E-state index is 0.0915. The molecule has 8 nitrogen and oxygen atoms in total. The highest BCUT2D eigenvalue weighted by atomic mass is 16.2. The van der Waals surface area contributed by atoms with Crippen LogP contribution in [-0.4, -0.2) is 59.1 Å². The Hall–Kier alpha value is -1.99. The fraction of sp³-hybridized carbons (Fsp3) is 0.870. The van der Waals surface area contributed by atoms with Gasteiger partial charge in [0.1, 0.15) is 6.04 Å². The van der Waals surface area contributed by atoms with Gasteiger partial charge in [0.15, 0.2) is 0 Å². The zero-order valence-corrected chi connectivity index (χ0v) is 19.5. The number of hydrogen-bond acceptors (Lipinski definition) is 3. The Bertz CT molecular complexity index is 642. The van der Waals surface area contributed by atoms with Crippen molar-refractivity contribution in [2.45, 2.75) is 121 Å². The van der Waals surface area contributed by atoms with Crippen LogP contribution in [0.4, 0.5) is 9.59 Å². The number of nitrogens with one attached hydrogen (secondary N) is 4. The Labute approximate surface area is 186 Å². The summed E-state index contributed by atoms with van der Waals surface area (Å²) in [5.41, 5.74) is -0.312. The third-order valence-corrected chi connectivity index (χ3v) is 6.65. The fourth-order valence-electron chi connectivity index (χ4n) is 5.09. The maximum absolute atomic E-state index is 13.1. The van der Waals surface area contributed by atoms with Crippen LogP contribution >= 0.6 is 0 Å². The van der Waals surface area contributed by atoms with E-state index in [1.807, 2.05) is 20.8 Å². The van der Waals surface area contributed by atoms with Gasteiger partial charge in [-0.15, -0.1) is 0 Å². The first-order chi connectivity index (χ1) is 14.7. The number of rotatable bonds is 4. The number of carbonyl (C=O) groups excluding carboxylic acids is 3. The molecule has 0 aromatic heterocycles. The summed E-state index contributed by atoms with van der Waals surface area (Å²) in [4.78, 5) is 40.0. The average Bonchev–Trinajstić information content (AvgIpc) is 3.19. The molecule has 3 fully saturated rings. The highest BCUT2D eigenvalue weighted by molar-refractivity contribution is 5.88. The van der Waals surface area contributed by atoms with Gasteiger partial charge in [0.25, 0.3) is 0 Å². The zero-order chi connectivity index (χ0) is 22.4. The van der Waals surface area contributed by atoms with E-state index in [0.717, 1.165) is 57.8 Å². The minimum Gasteiger partial charge on any atom is -0.350 e. The quantitative estimate of drug-likeness (QED) is 0.546. The highest BCUT2D eigenvalue weighted by Gasteiger charge is 2.37. The third kappa shape index (κ3) is 7.01. The van der Waals surface area contributed by atoms with Crippen LogP contribution in [0.3, 0.4) is 0 Å². The Morgan fingerprint density at radius 1 is 0.742 bits per heavy atom. The molecule has 0 spiro atoms. The van der Waals surface area contributed by atoms with E-state index < -0.39 is 6.04 Å². The van der Waals surface area contributed by atoms with Crippen molar-refractivity contribution in [3.8, 4) is 0 Å². The van der Waals surface area contributed by atoms with Crippen molar-refractivity contribution in [1.29, 1.82) is 0 Å². The summed E-state index contributed by atoms with van der Waals surface area (Å²) >= 11 is 0. The molecule has 0 bridgehead atoms. The Morgan fingerprint density at radius 2 is 1.35 bits per heavy atom. The van der Waals surface area contributed by atoms with Gasteiger partial charge in [-0.1, -0.05) is 32.1 Å². The number of amides is 5. The monoisotopic (exact) mass is 435 g/mol. The van der Waals surface area contributed by atoms with Crippen molar-refractivity contribution in [2.75, 3.05) is 6.54 Å². The average molecular weight is 436 g/mol. The van der Waals surface area contributed by atoms with Crippen molar-refractivity contribution < 1.29 is 14.4 Å². The summed E-state index contributed by atoms with van der Waals surface area (Å²) in [7, 11) is 0. The van der Waals surface area contributed by atoms with Crippen LogP contribution in [0.15, 0.2) is 0 Å². The second kappa shape index (κ2) is 10.6. The van der Waals surface area contributed by atoms with Gasteiger partial charge in [0, 0.05) is 24.2 Å². The zero-order valence-electron chi connectivity index (χ0n) is 19.5. The van der Waals surface area contributed by atoms with E-state index in [1.54, 1.807) is 4.90 Å². The summed E-state index contributed by atoms with van der Waals surface area (Å²) in [6.45, 7) is 6.45. The first-order valence-electron chi connectivity index (χ1n) is 12.2. The van der Waals surface area contributed by atoms with Gasteiger partial charge in [-0.3, -0.25) is 4.79 Å². The Morgan fingerprint density at radius 3 is 2.00 bits per heavy atom. The van der Waals surface area contributed by atoms with E-state index in [-0.39, 0.29) is 41.6 Å². The van der Waals surface area contributed by atoms with Crippen molar-refractivity contribution >= 4 is 18.0 Å². The van der Waals surface area contributed by atoms with Gasteiger partial charge < -0.3 is 26.2 Å². The molecule has 1 heterocycles. The minimum atomic E-state index is -0.422. The number of hydrogen-bond donors (Lipinski definition) is 4. The summed E-state index contributed by atoms with van der Waals surface area (Å²) in [6.07, 6.45) is 10.9. The molecule has 3 rings (SSSR count). The molecule has 0 aromatic carbocycles. The van der Waals surface area contributed by atoms with Gasteiger partial charge >= 0.3 is 12.1 Å². The van der Waals surface area contributed by atoms with Crippen LogP contribution in [0, 0.1) is 0 Å². The van der Waals surface area contributed by atoms with Crippen LogP contribution < -0.4 is 21.3 Å². The van der Waals surface area contributed by atoms with E-state index >= 15 is 0 Å². The summed E-state index contributed by atoms with van der Waals surface area (Å²) in [6, 6.07) is -0.685. The molecule has 31 heavy (non-hydrogen) atoms. The van der Waals surface area contributed by atoms with E-state index in [1.165, 1.54) is 6.42 Å². The van der Waals surface area contributed by atoms with Crippen LogP contribution in [-0.2, 0) is 4.79 Å². The third-order valence-electron chi connectivity index (χ3n) is 6.65. The van der Waals surface area contributed by atoms with Crippen LogP contribution in [0.2, 0.25) is 0 Å². The number of likely N-dealkylation sites (tertiary alicyclic amines) is 1. The molecule has 1 aliphatic heterocycles. The fourth-order valence-corrected chi connectivity index (χ4v) is 5.09. The van der Waals surface area contributed by atoms with Crippen molar-refractivity contribution in [2.24, 2.45) is 0 Å². The van der Waals surface area contributed by atoms with E-state index in [2.05, 4.69) is 21.3 Å². The van der Waals surface area contributed by atoms with Crippen LogP contribution in [0.5, 0.6) is 0 Å². The van der Waals surface area contributed by atoms with Gasteiger partial charge in [-0.25, -0.2) is 9.59 Å². The summed E-state index contributed by atoms with van der Waals surface area (Å²) in [5.74, 6) is -0.0915. The largest absolute Gasteiger partial charge is 0.350 e. The molecule has 3 atom stereocenters. The number of nitrogens with zero attached hydrogens (tertiary/aromatic N) is 1. The molecule has 0 radical (unpaired) electrons. The molecule has 3 aliphatic rings.